The fourth-order valence-corrected chi connectivity index (χ4v) is 3.82. The van der Waals surface area contributed by atoms with Crippen LogP contribution in [0.15, 0.2) is 53.5 Å². The number of sulfone groups is 1. The number of hydrogen-bond acceptors (Lipinski definition) is 4. The summed E-state index contributed by atoms with van der Waals surface area (Å²) in [5, 5.41) is -1.18. The summed E-state index contributed by atoms with van der Waals surface area (Å²) in [6.07, 6.45) is 1.52. The Morgan fingerprint density at radius 3 is 2.40 bits per heavy atom. The highest BCUT2D eigenvalue weighted by atomic mass is 32.2. The van der Waals surface area contributed by atoms with Gasteiger partial charge in [0.25, 0.3) is 5.56 Å². The molecule has 2 rings (SSSR count). The van der Waals surface area contributed by atoms with Gasteiger partial charge in [0.1, 0.15) is 5.25 Å². The van der Waals surface area contributed by atoms with Gasteiger partial charge in [-0.3, -0.25) is 9.59 Å². The quantitative estimate of drug-likeness (QED) is 0.777. The number of carbonyl (C=O) groups excluding carboxylic acids is 1. The molecular weight excluding hydrogens is 340 g/mol. The highest BCUT2D eigenvalue weighted by Gasteiger charge is 2.30. The van der Waals surface area contributed by atoms with E-state index in [9.17, 15) is 18.0 Å². The molecule has 1 atom stereocenters. The lowest BCUT2D eigenvalue weighted by atomic mass is 10.2. The predicted molar refractivity (Wildman–Crippen MR) is 96.7 cm³/mol. The summed E-state index contributed by atoms with van der Waals surface area (Å²) < 4.78 is 26.4. The molecule has 134 valence electrons. The van der Waals surface area contributed by atoms with Gasteiger partial charge in [0.15, 0.2) is 9.84 Å². The Bertz CT molecular complexity index is 904. The number of nitrogens with zero attached hydrogens (tertiary/aromatic N) is 2. The number of amides is 1. The molecule has 0 bridgehead atoms. The van der Waals surface area contributed by atoms with Gasteiger partial charge in [-0.2, -0.15) is 0 Å². The smallest absolute Gasteiger partial charge is 0.250 e. The largest absolute Gasteiger partial charge is 0.340 e. The van der Waals surface area contributed by atoms with Crippen molar-refractivity contribution < 1.29 is 13.2 Å². The van der Waals surface area contributed by atoms with Crippen LogP contribution in [0.1, 0.15) is 18.1 Å². The van der Waals surface area contributed by atoms with Crippen molar-refractivity contribution in [2.45, 2.75) is 24.5 Å². The van der Waals surface area contributed by atoms with Crippen molar-refractivity contribution in [3.8, 4) is 0 Å². The average molecular weight is 362 g/mol. The maximum atomic E-state index is 12.5. The molecule has 2 aromatic rings. The molecule has 0 aliphatic heterocycles. The maximum Gasteiger partial charge on any atom is 0.250 e. The summed E-state index contributed by atoms with van der Waals surface area (Å²) in [5.74, 6) is -0.803. The molecule has 0 saturated carbocycles. The molecule has 0 aliphatic carbocycles. The van der Waals surface area contributed by atoms with Crippen LogP contribution in [0.2, 0.25) is 0 Å². The van der Waals surface area contributed by atoms with Crippen LogP contribution >= 0.6 is 0 Å². The first-order chi connectivity index (χ1) is 11.7. The molecule has 0 saturated heterocycles. The van der Waals surface area contributed by atoms with Crippen molar-refractivity contribution >= 4 is 15.7 Å². The van der Waals surface area contributed by atoms with Gasteiger partial charge in [-0.25, -0.2) is 8.42 Å². The number of hydrogen-bond donors (Lipinski definition) is 0. The number of aromatic nitrogens is 1. The maximum absolute atomic E-state index is 12.5. The van der Waals surface area contributed by atoms with Gasteiger partial charge in [-0.05, 0) is 24.1 Å². The van der Waals surface area contributed by atoms with Crippen molar-refractivity contribution in [1.82, 2.24) is 9.47 Å². The van der Waals surface area contributed by atoms with Gasteiger partial charge >= 0.3 is 0 Å². The van der Waals surface area contributed by atoms with E-state index in [0.29, 0.717) is 12.1 Å². The van der Waals surface area contributed by atoms with Crippen molar-refractivity contribution in [2.75, 3.05) is 7.05 Å². The number of benzene rings is 1. The Hall–Kier alpha value is -2.41. The van der Waals surface area contributed by atoms with Crippen molar-refractivity contribution in [3.63, 3.8) is 0 Å². The van der Waals surface area contributed by atoms with Gasteiger partial charge in [0.2, 0.25) is 5.91 Å². The van der Waals surface area contributed by atoms with E-state index in [1.165, 1.54) is 28.7 Å². The van der Waals surface area contributed by atoms with Gasteiger partial charge in [-0.1, -0.05) is 30.3 Å². The van der Waals surface area contributed by atoms with E-state index in [4.69, 9.17) is 0 Å². The van der Waals surface area contributed by atoms with Crippen LogP contribution in [0.5, 0.6) is 0 Å². The summed E-state index contributed by atoms with van der Waals surface area (Å²) in [4.78, 5) is 25.5. The Morgan fingerprint density at radius 1 is 1.16 bits per heavy atom. The lowest BCUT2D eigenvalue weighted by molar-refractivity contribution is -0.129. The van der Waals surface area contributed by atoms with E-state index >= 15 is 0 Å². The van der Waals surface area contributed by atoms with E-state index in [0.717, 1.165) is 5.56 Å². The lowest BCUT2D eigenvalue weighted by Gasteiger charge is -2.21. The molecule has 1 aromatic carbocycles. The van der Waals surface area contributed by atoms with E-state index in [1.807, 2.05) is 30.3 Å². The van der Waals surface area contributed by atoms with Crippen LogP contribution in [-0.4, -0.2) is 36.1 Å². The average Bonchev–Trinajstić information content (AvgIpc) is 2.57. The monoisotopic (exact) mass is 362 g/mol. The summed E-state index contributed by atoms with van der Waals surface area (Å²) >= 11 is 0. The molecule has 0 N–H and O–H groups in total. The minimum atomic E-state index is -3.72. The van der Waals surface area contributed by atoms with Crippen molar-refractivity contribution in [3.05, 3.63) is 70.1 Å². The number of pyridine rings is 1. The minimum Gasteiger partial charge on any atom is -0.340 e. The third-order valence-corrected chi connectivity index (χ3v) is 6.08. The van der Waals surface area contributed by atoms with Crippen LogP contribution in [0.25, 0.3) is 0 Å². The molecule has 0 fully saturated rings. The second-order valence-corrected chi connectivity index (χ2v) is 8.43. The molecule has 0 aliphatic rings. The minimum absolute atomic E-state index is 0.284. The van der Waals surface area contributed by atoms with E-state index in [1.54, 1.807) is 20.2 Å². The lowest BCUT2D eigenvalue weighted by Crippen LogP contribution is -2.39. The summed E-state index contributed by atoms with van der Waals surface area (Å²) in [5.41, 5.74) is 1.02. The summed E-state index contributed by atoms with van der Waals surface area (Å²) in [6.45, 7) is 1.73. The van der Waals surface area contributed by atoms with E-state index < -0.39 is 21.0 Å². The van der Waals surface area contributed by atoms with Crippen molar-refractivity contribution in [1.29, 1.82) is 0 Å². The zero-order chi connectivity index (χ0) is 18.6. The normalized spacial score (nSPS) is 12.6. The predicted octanol–water partition coefficient (Wildman–Crippen LogP) is 1.35. The Labute approximate surface area is 147 Å². The summed E-state index contributed by atoms with van der Waals surface area (Å²) in [6, 6.07) is 12.2. The van der Waals surface area contributed by atoms with E-state index in [-0.39, 0.29) is 11.3 Å². The van der Waals surface area contributed by atoms with Crippen LogP contribution in [0, 0.1) is 0 Å². The fraction of sp³-hybridized carbons (Fsp3) is 0.333. The third-order valence-electron chi connectivity index (χ3n) is 4.06. The van der Waals surface area contributed by atoms with Crippen LogP contribution in [0.4, 0.5) is 0 Å². The molecule has 7 heteroatoms. The van der Waals surface area contributed by atoms with Crippen LogP contribution < -0.4 is 5.56 Å². The third kappa shape index (κ3) is 4.79. The second-order valence-electron chi connectivity index (χ2n) is 6.11. The molecule has 0 radical (unpaired) electrons. The molecule has 0 spiro atoms. The summed E-state index contributed by atoms with van der Waals surface area (Å²) in [7, 11) is -0.547. The van der Waals surface area contributed by atoms with Crippen LogP contribution in [0.3, 0.4) is 0 Å². The van der Waals surface area contributed by atoms with Crippen LogP contribution in [-0.2, 0) is 34.0 Å². The first kappa shape index (κ1) is 18.9. The zero-order valence-corrected chi connectivity index (χ0v) is 15.4. The zero-order valence-electron chi connectivity index (χ0n) is 14.5. The number of rotatable bonds is 6. The molecular formula is C18H22N2O4S. The van der Waals surface area contributed by atoms with Crippen molar-refractivity contribution in [2.24, 2.45) is 7.05 Å². The van der Waals surface area contributed by atoms with Gasteiger partial charge < -0.3 is 9.47 Å². The van der Waals surface area contributed by atoms with E-state index in [2.05, 4.69) is 0 Å². The SMILES string of the molecule is CC(C(=O)N(C)Cc1ccccc1)S(=O)(=O)Cc1ccn(C)c(=O)c1. The Kier molecular flexibility index (Phi) is 5.79. The highest BCUT2D eigenvalue weighted by Crippen LogP contribution is 2.13. The molecule has 6 nitrogen and oxygen atoms in total. The van der Waals surface area contributed by atoms with Gasteiger partial charge in [0.05, 0.1) is 5.75 Å². The molecule has 1 amide bonds. The standard InChI is InChI=1S/C18H22N2O4S/c1-14(18(22)20(3)12-15-7-5-4-6-8-15)25(23,24)13-16-9-10-19(2)17(21)11-16/h4-11,14H,12-13H2,1-3H3. The second kappa shape index (κ2) is 7.65. The molecule has 1 unspecified atom stereocenters. The van der Waals surface area contributed by atoms with Gasteiger partial charge in [0, 0.05) is 32.9 Å². The Morgan fingerprint density at radius 2 is 1.80 bits per heavy atom. The fourth-order valence-electron chi connectivity index (χ4n) is 2.44. The number of carbonyl (C=O) groups is 1. The molecule has 1 heterocycles. The Balaban J connectivity index is 2.10. The number of aryl methyl sites for hydroxylation is 1. The highest BCUT2D eigenvalue weighted by molar-refractivity contribution is 7.92. The first-order valence-electron chi connectivity index (χ1n) is 7.87. The first-order valence-corrected chi connectivity index (χ1v) is 9.58. The topological polar surface area (TPSA) is 76.5 Å². The molecule has 25 heavy (non-hydrogen) atoms. The van der Waals surface area contributed by atoms with Gasteiger partial charge in [-0.15, -0.1) is 0 Å². The molecule has 1 aromatic heterocycles.